The van der Waals surface area contributed by atoms with Gasteiger partial charge >= 0.3 is 0 Å². The predicted octanol–water partition coefficient (Wildman–Crippen LogP) is 4.33. The van der Waals surface area contributed by atoms with E-state index in [-0.39, 0.29) is 11.9 Å². The molecule has 2 rings (SSSR count). The summed E-state index contributed by atoms with van der Waals surface area (Å²) in [5.74, 6) is -0.204. The average molecular weight is 264 g/mol. The van der Waals surface area contributed by atoms with Crippen LogP contribution in [0.1, 0.15) is 24.1 Å². The Labute approximate surface area is 112 Å². The van der Waals surface area contributed by atoms with Crippen molar-refractivity contribution < 1.29 is 4.39 Å². The molecule has 0 radical (unpaired) electrons. The largest absolute Gasteiger partial charge is 0.306 e. The lowest BCUT2D eigenvalue weighted by molar-refractivity contribution is 0.569. The van der Waals surface area contributed by atoms with Crippen LogP contribution in [0.25, 0.3) is 0 Å². The summed E-state index contributed by atoms with van der Waals surface area (Å²) in [5, 5.41) is 4.07. The molecule has 0 aliphatic carbocycles. The van der Waals surface area contributed by atoms with Gasteiger partial charge in [0.25, 0.3) is 0 Å². The number of hydrogen-bond acceptors (Lipinski definition) is 1. The van der Waals surface area contributed by atoms with Crippen molar-refractivity contribution in [2.75, 3.05) is 0 Å². The molecule has 0 saturated carbocycles. The van der Waals surface area contributed by atoms with Crippen molar-refractivity contribution in [2.45, 2.75) is 19.5 Å². The van der Waals surface area contributed by atoms with Gasteiger partial charge in [0.05, 0.1) is 0 Å². The molecule has 3 heteroatoms. The van der Waals surface area contributed by atoms with Gasteiger partial charge in [-0.05, 0) is 42.3 Å². The summed E-state index contributed by atoms with van der Waals surface area (Å²) in [7, 11) is 0. The Morgan fingerprint density at radius 1 is 1.17 bits per heavy atom. The molecule has 1 nitrogen and oxygen atoms in total. The number of rotatable bonds is 4. The van der Waals surface area contributed by atoms with E-state index in [9.17, 15) is 4.39 Å². The van der Waals surface area contributed by atoms with E-state index in [1.54, 1.807) is 6.07 Å². The Kier molecular flexibility index (Phi) is 4.34. The van der Waals surface area contributed by atoms with Gasteiger partial charge in [-0.2, -0.15) is 0 Å². The lowest BCUT2D eigenvalue weighted by Gasteiger charge is -2.14. The van der Waals surface area contributed by atoms with Crippen LogP contribution in [0.3, 0.4) is 0 Å². The first-order valence-electron chi connectivity index (χ1n) is 5.88. The lowest BCUT2D eigenvalue weighted by atomic mass is 10.1. The quantitative estimate of drug-likeness (QED) is 0.866. The highest BCUT2D eigenvalue weighted by Crippen LogP contribution is 2.17. The molecule has 0 amide bonds. The number of nitrogens with one attached hydrogen (secondary N) is 1. The van der Waals surface area contributed by atoms with E-state index in [1.807, 2.05) is 30.3 Å². The number of hydrogen-bond donors (Lipinski definition) is 1. The summed E-state index contributed by atoms with van der Waals surface area (Å²) < 4.78 is 13.0. The van der Waals surface area contributed by atoms with E-state index in [2.05, 4.69) is 12.2 Å². The fourth-order valence-corrected chi connectivity index (χ4v) is 2.01. The summed E-state index contributed by atoms with van der Waals surface area (Å²) >= 11 is 5.95. The minimum atomic E-state index is -0.204. The van der Waals surface area contributed by atoms with Gasteiger partial charge in [0, 0.05) is 17.6 Å². The van der Waals surface area contributed by atoms with Crippen molar-refractivity contribution in [3.05, 3.63) is 70.5 Å². The van der Waals surface area contributed by atoms with Crippen LogP contribution in [0.5, 0.6) is 0 Å². The number of halogens is 2. The van der Waals surface area contributed by atoms with Crippen molar-refractivity contribution >= 4 is 11.6 Å². The van der Waals surface area contributed by atoms with Gasteiger partial charge in [0.2, 0.25) is 0 Å². The molecule has 0 spiro atoms. The first kappa shape index (κ1) is 13.1. The second-order valence-electron chi connectivity index (χ2n) is 4.29. The maximum Gasteiger partial charge on any atom is 0.123 e. The molecule has 0 saturated heterocycles. The van der Waals surface area contributed by atoms with Crippen LogP contribution in [-0.2, 0) is 6.54 Å². The van der Waals surface area contributed by atoms with Gasteiger partial charge in [-0.15, -0.1) is 0 Å². The molecule has 0 fully saturated rings. The van der Waals surface area contributed by atoms with Gasteiger partial charge < -0.3 is 5.32 Å². The highest BCUT2D eigenvalue weighted by molar-refractivity contribution is 6.30. The molecule has 2 aromatic rings. The van der Waals surface area contributed by atoms with Crippen LogP contribution >= 0.6 is 11.6 Å². The van der Waals surface area contributed by atoms with Crippen molar-refractivity contribution in [2.24, 2.45) is 0 Å². The molecule has 0 aliphatic heterocycles. The Bertz CT molecular complexity index is 527. The SMILES string of the molecule is C[C@@H](NCc1cccc(F)c1)c1cccc(Cl)c1. The zero-order chi connectivity index (χ0) is 13.0. The highest BCUT2D eigenvalue weighted by atomic mass is 35.5. The third kappa shape index (κ3) is 3.56. The molecule has 94 valence electrons. The van der Waals surface area contributed by atoms with Crippen LogP contribution in [0.15, 0.2) is 48.5 Å². The third-order valence-corrected chi connectivity index (χ3v) is 3.09. The van der Waals surface area contributed by atoms with Gasteiger partial charge in [0.15, 0.2) is 0 Å². The molecular formula is C15H15ClFN. The van der Waals surface area contributed by atoms with E-state index in [4.69, 9.17) is 11.6 Å². The molecule has 1 atom stereocenters. The van der Waals surface area contributed by atoms with E-state index >= 15 is 0 Å². The fraction of sp³-hybridized carbons (Fsp3) is 0.200. The smallest absolute Gasteiger partial charge is 0.123 e. The van der Waals surface area contributed by atoms with Crippen molar-refractivity contribution in [3.8, 4) is 0 Å². The van der Waals surface area contributed by atoms with Crippen molar-refractivity contribution in [1.29, 1.82) is 0 Å². The minimum absolute atomic E-state index is 0.173. The molecule has 0 aliphatic rings. The van der Waals surface area contributed by atoms with Crippen LogP contribution in [0.4, 0.5) is 4.39 Å². The normalized spacial score (nSPS) is 12.4. The molecule has 1 N–H and O–H groups in total. The summed E-state index contributed by atoms with van der Waals surface area (Å²) in [5.41, 5.74) is 2.06. The monoisotopic (exact) mass is 263 g/mol. The number of benzene rings is 2. The Hall–Kier alpha value is -1.38. The molecule has 0 bridgehead atoms. The van der Waals surface area contributed by atoms with E-state index in [0.29, 0.717) is 6.54 Å². The van der Waals surface area contributed by atoms with Crippen molar-refractivity contribution in [1.82, 2.24) is 5.32 Å². The first-order valence-corrected chi connectivity index (χ1v) is 6.26. The van der Waals surface area contributed by atoms with Crippen LogP contribution in [0.2, 0.25) is 5.02 Å². The fourth-order valence-electron chi connectivity index (χ4n) is 1.81. The zero-order valence-corrected chi connectivity index (χ0v) is 10.9. The van der Waals surface area contributed by atoms with Gasteiger partial charge in [-0.3, -0.25) is 0 Å². The van der Waals surface area contributed by atoms with Gasteiger partial charge in [-0.1, -0.05) is 35.9 Å². The molecule has 0 unspecified atom stereocenters. The highest BCUT2D eigenvalue weighted by Gasteiger charge is 2.05. The molecule has 0 heterocycles. The zero-order valence-electron chi connectivity index (χ0n) is 10.2. The third-order valence-electron chi connectivity index (χ3n) is 2.85. The minimum Gasteiger partial charge on any atom is -0.306 e. The second kappa shape index (κ2) is 5.98. The van der Waals surface area contributed by atoms with Gasteiger partial charge in [0.1, 0.15) is 5.82 Å². The van der Waals surface area contributed by atoms with E-state index < -0.39 is 0 Å². The van der Waals surface area contributed by atoms with E-state index in [1.165, 1.54) is 12.1 Å². The molecule has 2 aromatic carbocycles. The average Bonchev–Trinajstić information content (AvgIpc) is 2.36. The molecule has 0 aromatic heterocycles. The topological polar surface area (TPSA) is 12.0 Å². The predicted molar refractivity (Wildman–Crippen MR) is 73.1 cm³/mol. The molecule has 18 heavy (non-hydrogen) atoms. The van der Waals surface area contributed by atoms with E-state index in [0.717, 1.165) is 16.1 Å². The Morgan fingerprint density at radius 2 is 1.94 bits per heavy atom. The summed E-state index contributed by atoms with van der Waals surface area (Å²) in [6.07, 6.45) is 0. The summed E-state index contributed by atoms with van der Waals surface area (Å²) in [6, 6.07) is 14.5. The second-order valence-corrected chi connectivity index (χ2v) is 4.72. The van der Waals surface area contributed by atoms with Crippen LogP contribution in [-0.4, -0.2) is 0 Å². The Balaban J connectivity index is 1.98. The summed E-state index contributed by atoms with van der Waals surface area (Å²) in [6.45, 7) is 2.69. The summed E-state index contributed by atoms with van der Waals surface area (Å²) in [4.78, 5) is 0. The van der Waals surface area contributed by atoms with Crippen molar-refractivity contribution in [3.63, 3.8) is 0 Å². The first-order chi connectivity index (χ1) is 8.65. The van der Waals surface area contributed by atoms with Crippen LogP contribution in [0, 0.1) is 5.82 Å². The maximum atomic E-state index is 13.0. The Morgan fingerprint density at radius 3 is 2.67 bits per heavy atom. The lowest BCUT2D eigenvalue weighted by Crippen LogP contribution is -2.18. The van der Waals surface area contributed by atoms with Crippen LogP contribution < -0.4 is 5.32 Å². The van der Waals surface area contributed by atoms with Gasteiger partial charge in [-0.25, -0.2) is 4.39 Å². The maximum absolute atomic E-state index is 13.0. The standard InChI is InChI=1S/C15H15ClFN/c1-11(13-5-3-6-14(16)9-13)18-10-12-4-2-7-15(17)8-12/h2-9,11,18H,10H2,1H3/t11-/m1/s1. The molecular weight excluding hydrogens is 249 g/mol.